The molecular weight excluding hydrogens is 274 g/mol. The number of rotatable bonds is 4. The van der Waals surface area contributed by atoms with Crippen molar-refractivity contribution in [2.45, 2.75) is 13.5 Å². The van der Waals surface area contributed by atoms with E-state index in [2.05, 4.69) is 4.98 Å². The highest BCUT2D eigenvalue weighted by molar-refractivity contribution is 5.96. The number of carbonyl (C=O) groups is 1. The van der Waals surface area contributed by atoms with Crippen LogP contribution in [0.1, 0.15) is 21.6 Å². The minimum absolute atomic E-state index is 0.270. The van der Waals surface area contributed by atoms with Crippen LogP contribution in [-0.4, -0.2) is 11.0 Å². The van der Waals surface area contributed by atoms with Gasteiger partial charge in [0.2, 0.25) is 0 Å². The molecule has 2 aromatic carbocycles. The van der Waals surface area contributed by atoms with Crippen LogP contribution in [0.15, 0.2) is 66.9 Å². The Labute approximate surface area is 129 Å². The number of aromatic nitrogens is 1. The molecule has 0 unspecified atom stereocenters. The van der Waals surface area contributed by atoms with Gasteiger partial charge in [0.1, 0.15) is 12.3 Å². The highest BCUT2D eigenvalue weighted by Crippen LogP contribution is 2.27. The second kappa shape index (κ2) is 6.31. The second-order valence-corrected chi connectivity index (χ2v) is 5.15. The summed E-state index contributed by atoms with van der Waals surface area (Å²) in [6.45, 7) is 2.25. The summed E-state index contributed by atoms with van der Waals surface area (Å²) >= 11 is 0. The van der Waals surface area contributed by atoms with Crippen molar-refractivity contribution in [1.82, 2.24) is 4.98 Å². The lowest BCUT2D eigenvalue weighted by atomic mass is 10.0. The monoisotopic (exact) mass is 291 g/mol. The van der Waals surface area contributed by atoms with E-state index in [1.54, 1.807) is 0 Å². The third-order valence-corrected chi connectivity index (χ3v) is 3.56. The fourth-order valence-corrected chi connectivity index (χ4v) is 2.46. The van der Waals surface area contributed by atoms with Gasteiger partial charge < -0.3 is 9.72 Å². The first kappa shape index (κ1) is 14.1. The minimum Gasteiger partial charge on any atom is -0.456 e. The van der Waals surface area contributed by atoms with E-state index in [-0.39, 0.29) is 12.6 Å². The molecule has 0 aliphatic rings. The van der Waals surface area contributed by atoms with Crippen LogP contribution in [0, 0.1) is 6.92 Å². The number of ether oxygens (including phenoxy) is 1. The lowest BCUT2D eigenvalue weighted by molar-refractivity contribution is 0.0467. The van der Waals surface area contributed by atoms with Gasteiger partial charge >= 0.3 is 5.97 Å². The molecule has 0 saturated heterocycles. The van der Waals surface area contributed by atoms with E-state index in [0.29, 0.717) is 5.69 Å². The Morgan fingerprint density at radius 2 is 1.64 bits per heavy atom. The second-order valence-electron chi connectivity index (χ2n) is 5.15. The summed E-state index contributed by atoms with van der Waals surface area (Å²) in [6, 6.07) is 19.5. The third-order valence-electron chi connectivity index (χ3n) is 3.56. The lowest BCUT2D eigenvalue weighted by Gasteiger charge is -2.07. The van der Waals surface area contributed by atoms with Crippen LogP contribution >= 0.6 is 0 Å². The number of aryl methyl sites for hydroxylation is 1. The van der Waals surface area contributed by atoms with Crippen molar-refractivity contribution in [2.24, 2.45) is 0 Å². The molecule has 3 aromatic rings. The fraction of sp³-hybridized carbons (Fsp3) is 0.105. The standard InChI is InChI=1S/C19H17NO2/c1-14-12-20-18(17(14)16-10-6-3-7-11-16)19(21)22-13-15-8-4-2-5-9-15/h2-12,20H,13H2,1H3. The van der Waals surface area contributed by atoms with Gasteiger partial charge in [-0.25, -0.2) is 4.79 Å². The third kappa shape index (κ3) is 2.93. The van der Waals surface area contributed by atoms with Crippen molar-refractivity contribution in [1.29, 1.82) is 0 Å². The van der Waals surface area contributed by atoms with E-state index in [4.69, 9.17) is 4.74 Å². The van der Waals surface area contributed by atoms with Crippen molar-refractivity contribution < 1.29 is 9.53 Å². The molecule has 110 valence electrons. The molecule has 22 heavy (non-hydrogen) atoms. The van der Waals surface area contributed by atoms with Crippen molar-refractivity contribution in [2.75, 3.05) is 0 Å². The minimum atomic E-state index is -0.337. The molecular formula is C19H17NO2. The van der Waals surface area contributed by atoms with Crippen LogP contribution in [0.3, 0.4) is 0 Å². The Morgan fingerprint density at radius 1 is 1.00 bits per heavy atom. The van der Waals surface area contributed by atoms with E-state index in [0.717, 1.165) is 22.3 Å². The molecule has 0 fully saturated rings. The molecule has 1 aromatic heterocycles. The Hall–Kier alpha value is -2.81. The summed E-state index contributed by atoms with van der Waals surface area (Å²) < 4.78 is 5.42. The van der Waals surface area contributed by atoms with E-state index < -0.39 is 0 Å². The van der Waals surface area contributed by atoms with Crippen molar-refractivity contribution in [3.05, 3.63) is 83.7 Å². The van der Waals surface area contributed by atoms with E-state index >= 15 is 0 Å². The largest absolute Gasteiger partial charge is 0.456 e. The topological polar surface area (TPSA) is 42.1 Å². The first-order valence-corrected chi connectivity index (χ1v) is 7.20. The number of carbonyl (C=O) groups excluding carboxylic acids is 1. The Balaban J connectivity index is 1.82. The summed E-state index contributed by atoms with van der Waals surface area (Å²) in [6.07, 6.45) is 1.83. The van der Waals surface area contributed by atoms with Gasteiger partial charge in [-0.05, 0) is 23.6 Å². The first-order valence-electron chi connectivity index (χ1n) is 7.20. The molecule has 3 rings (SSSR count). The molecule has 0 atom stereocenters. The van der Waals surface area contributed by atoms with Gasteiger partial charge in [0, 0.05) is 11.8 Å². The maximum absolute atomic E-state index is 12.4. The van der Waals surface area contributed by atoms with E-state index in [1.807, 2.05) is 73.8 Å². The first-order chi connectivity index (χ1) is 10.8. The van der Waals surface area contributed by atoms with Crippen LogP contribution < -0.4 is 0 Å². The SMILES string of the molecule is Cc1c[nH]c(C(=O)OCc2ccccc2)c1-c1ccccc1. The van der Waals surface area contributed by atoms with Gasteiger partial charge in [-0.1, -0.05) is 60.7 Å². The van der Waals surface area contributed by atoms with Crippen LogP contribution in [-0.2, 0) is 11.3 Å². The summed E-state index contributed by atoms with van der Waals surface area (Å²) in [4.78, 5) is 15.4. The Kier molecular flexibility index (Phi) is 4.05. The van der Waals surface area contributed by atoms with Gasteiger partial charge in [0.25, 0.3) is 0 Å². The Morgan fingerprint density at radius 3 is 2.32 bits per heavy atom. The van der Waals surface area contributed by atoms with Gasteiger partial charge in [0.15, 0.2) is 0 Å². The zero-order chi connectivity index (χ0) is 15.4. The zero-order valence-electron chi connectivity index (χ0n) is 12.4. The van der Waals surface area contributed by atoms with Gasteiger partial charge in [0.05, 0.1) is 0 Å². The maximum atomic E-state index is 12.4. The number of hydrogen-bond donors (Lipinski definition) is 1. The van der Waals surface area contributed by atoms with Gasteiger partial charge in [-0.15, -0.1) is 0 Å². The van der Waals surface area contributed by atoms with Crippen molar-refractivity contribution in [3.63, 3.8) is 0 Å². The predicted molar refractivity (Wildman–Crippen MR) is 86.5 cm³/mol. The van der Waals surface area contributed by atoms with Gasteiger partial charge in [-0.3, -0.25) is 0 Å². The molecule has 3 nitrogen and oxygen atoms in total. The zero-order valence-corrected chi connectivity index (χ0v) is 12.4. The predicted octanol–water partition coefficient (Wildman–Crippen LogP) is 4.35. The lowest BCUT2D eigenvalue weighted by Crippen LogP contribution is -2.07. The highest BCUT2D eigenvalue weighted by Gasteiger charge is 2.18. The van der Waals surface area contributed by atoms with Crippen LogP contribution in [0.5, 0.6) is 0 Å². The number of aromatic amines is 1. The highest BCUT2D eigenvalue weighted by atomic mass is 16.5. The molecule has 1 heterocycles. The van der Waals surface area contributed by atoms with Crippen LogP contribution in [0.4, 0.5) is 0 Å². The summed E-state index contributed by atoms with van der Waals surface area (Å²) in [5.74, 6) is -0.337. The summed E-state index contributed by atoms with van der Waals surface area (Å²) in [5, 5.41) is 0. The smallest absolute Gasteiger partial charge is 0.355 e. The van der Waals surface area contributed by atoms with Crippen molar-refractivity contribution >= 4 is 5.97 Å². The van der Waals surface area contributed by atoms with E-state index in [1.165, 1.54) is 0 Å². The Bertz CT molecular complexity index is 761. The fourth-order valence-electron chi connectivity index (χ4n) is 2.46. The molecule has 1 N–H and O–H groups in total. The summed E-state index contributed by atoms with van der Waals surface area (Å²) in [7, 11) is 0. The van der Waals surface area contributed by atoms with Crippen LogP contribution in [0.25, 0.3) is 11.1 Å². The molecule has 0 saturated carbocycles. The quantitative estimate of drug-likeness (QED) is 0.726. The molecule has 0 spiro atoms. The number of esters is 1. The molecule has 0 radical (unpaired) electrons. The molecule has 0 amide bonds. The molecule has 0 aliphatic heterocycles. The number of benzene rings is 2. The average molecular weight is 291 g/mol. The van der Waals surface area contributed by atoms with E-state index in [9.17, 15) is 4.79 Å². The summed E-state index contributed by atoms with van der Waals surface area (Å²) in [5.41, 5.74) is 4.41. The normalized spacial score (nSPS) is 10.4. The van der Waals surface area contributed by atoms with Crippen LogP contribution in [0.2, 0.25) is 0 Å². The molecule has 0 aliphatic carbocycles. The van der Waals surface area contributed by atoms with Crippen molar-refractivity contribution in [3.8, 4) is 11.1 Å². The van der Waals surface area contributed by atoms with Gasteiger partial charge in [-0.2, -0.15) is 0 Å². The average Bonchev–Trinajstić information content (AvgIpc) is 2.96. The molecule has 0 bridgehead atoms. The molecule has 3 heteroatoms. The number of hydrogen-bond acceptors (Lipinski definition) is 2. The maximum Gasteiger partial charge on any atom is 0.355 e. The number of H-pyrrole nitrogens is 1. The number of nitrogens with one attached hydrogen (secondary N) is 1.